The van der Waals surface area contributed by atoms with Gasteiger partial charge in [0.15, 0.2) is 0 Å². The monoisotopic (exact) mass is 207 g/mol. The van der Waals surface area contributed by atoms with Gasteiger partial charge in [-0.2, -0.15) is 0 Å². The molecule has 1 aliphatic carbocycles. The summed E-state index contributed by atoms with van der Waals surface area (Å²) in [5.41, 5.74) is 0.662. The molecule has 2 unspecified atom stereocenters. The lowest BCUT2D eigenvalue weighted by atomic mass is 10.2. The van der Waals surface area contributed by atoms with Crippen LogP contribution in [0.5, 0.6) is 0 Å². The Labute approximate surface area is 89.1 Å². The first-order chi connectivity index (χ1) is 6.68. The summed E-state index contributed by atoms with van der Waals surface area (Å²) >= 11 is 4.24. The first-order valence-corrected chi connectivity index (χ1v) is 5.22. The molecule has 2 atom stereocenters. The summed E-state index contributed by atoms with van der Waals surface area (Å²) in [6.45, 7) is 2.14. The summed E-state index contributed by atoms with van der Waals surface area (Å²) in [4.78, 5) is 12.4. The molecule has 1 fully saturated rings. The zero-order valence-electron chi connectivity index (χ0n) is 8.03. The van der Waals surface area contributed by atoms with Gasteiger partial charge in [0.1, 0.15) is 0 Å². The maximum absolute atomic E-state index is 11.7. The average molecular weight is 207 g/mol. The number of benzene rings is 1. The molecule has 2 rings (SSSR count). The summed E-state index contributed by atoms with van der Waals surface area (Å²) in [6, 6.07) is 7.72. The third-order valence-electron chi connectivity index (χ3n) is 2.57. The van der Waals surface area contributed by atoms with Crippen molar-refractivity contribution in [1.29, 1.82) is 0 Å². The van der Waals surface area contributed by atoms with Crippen LogP contribution in [0.3, 0.4) is 0 Å². The fourth-order valence-electron chi connectivity index (χ4n) is 1.43. The van der Waals surface area contributed by atoms with Crippen molar-refractivity contribution in [2.24, 2.45) is 5.92 Å². The molecule has 3 heteroatoms. The van der Waals surface area contributed by atoms with Crippen molar-refractivity contribution < 1.29 is 4.79 Å². The minimum absolute atomic E-state index is 0.00931. The zero-order chi connectivity index (χ0) is 10.1. The largest absolute Gasteiger partial charge is 0.349 e. The Hall–Kier alpha value is -0.960. The van der Waals surface area contributed by atoms with Crippen LogP contribution in [-0.2, 0) is 0 Å². The number of nitrogens with one attached hydrogen (secondary N) is 1. The number of hydrogen-bond donors (Lipinski definition) is 2. The lowest BCUT2D eigenvalue weighted by Gasteiger charge is -2.05. The number of amides is 1. The van der Waals surface area contributed by atoms with Gasteiger partial charge in [-0.05, 0) is 24.5 Å². The molecule has 74 valence electrons. The van der Waals surface area contributed by atoms with E-state index in [1.165, 1.54) is 0 Å². The highest BCUT2D eigenvalue weighted by atomic mass is 32.1. The highest BCUT2D eigenvalue weighted by Crippen LogP contribution is 2.29. The van der Waals surface area contributed by atoms with Crippen molar-refractivity contribution >= 4 is 18.5 Å². The Morgan fingerprint density at radius 2 is 2.14 bits per heavy atom. The van der Waals surface area contributed by atoms with Crippen molar-refractivity contribution in [2.45, 2.75) is 24.3 Å². The lowest BCUT2D eigenvalue weighted by molar-refractivity contribution is 0.0946. The van der Waals surface area contributed by atoms with Crippen LogP contribution >= 0.6 is 12.6 Å². The van der Waals surface area contributed by atoms with E-state index in [-0.39, 0.29) is 5.91 Å². The average Bonchev–Trinajstić information content (AvgIpc) is 2.82. The number of rotatable bonds is 2. The van der Waals surface area contributed by atoms with Gasteiger partial charge < -0.3 is 5.32 Å². The van der Waals surface area contributed by atoms with Crippen LogP contribution in [0.4, 0.5) is 0 Å². The van der Waals surface area contributed by atoms with Gasteiger partial charge in [0.05, 0.1) is 5.56 Å². The van der Waals surface area contributed by atoms with Crippen LogP contribution in [0.1, 0.15) is 23.7 Å². The molecule has 0 saturated heterocycles. The topological polar surface area (TPSA) is 29.1 Å². The minimum atomic E-state index is -0.00931. The van der Waals surface area contributed by atoms with Gasteiger partial charge in [-0.25, -0.2) is 0 Å². The Morgan fingerprint density at radius 1 is 1.50 bits per heavy atom. The fraction of sp³-hybridized carbons (Fsp3) is 0.364. The number of carbonyl (C=O) groups excluding carboxylic acids is 1. The Bertz CT molecular complexity index is 364. The van der Waals surface area contributed by atoms with E-state index in [0.29, 0.717) is 17.5 Å². The van der Waals surface area contributed by atoms with Crippen molar-refractivity contribution in [3.8, 4) is 0 Å². The van der Waals surface area contributed by atoms with Gasteiger partial charge in [0, 0.05) is 10.9 Å². The molecular formula is C11H13NOS. The molecule has 1 saturated carbocycles. The zero-order valence-corrected chi connectivity index (χ0v) is 8.92. The van der Waals surface area contributed by atoms with Crippen LogP contribution in [0.2, 0.25) is 0 Å². The molecular weight excluding hydrogens is 194 g/mol. The summed E-state index contributed by atoms with van der Waals surface area (Å²) in [5.74, 6) is 0.621. The Morgan fingerprint density at radius 3 is 2.71 bits per heavy atom. The van der Waals surface area contributed by atoms with Crippen LogP contribution in [0.15, 0.2) is 29.2 Å². The molecule has 0 radical (unpaired) electrons. The minimum Gasteiger partial charge on any atom is -0.349 e. The van der Waals surface area contributed by atoms with Gasteiger partial charge in [0.2, 0.25) is 0 Å². The van der Waals surface area contributed by atoms with E-state index < -0.39 is 0 Å². The van der Waals surface area contributed by atoms with E-state index in [1.807, 2.05) is 18.2 Å². The van der Waals surface area contributed by atoms with E-state index in [2.05, 4.69) is 24.9 Å². The van der Waals surface area contributed by atoms with Crippen molar-refractivity contribution in [1.82, 2.24) is 5.32 Å². The first-order valence-electron chi connectivity index (χ1n) is 4.77. The molecule has 0 bridgehead atoms. The third kappa shape index (κ3) is 1.93. The van der Waals surface area contributed by atoms with E-state index in [0.717, 1.165) is 11.3 Å². The van der Waals surface area contributed by atoms with Crippen molar-refractivity contribution in [2.75, 3.05) is 0 Å². The lowest BCUT2D eigenvalue weighted by Crippen LogP contribution is -2.26. The van der Waals surface area contributed by atoms with Gasteiger partial charge in [0.25, 0.3) is 5.91 Å². The molecule has 1 aromatic rings. The normalized spacial score (nSPS) is 24.4. The molecule has 0 aromatic heterocycles. The number of thiol groups is 1. The number of carbonyl (C=O) groups is 1. The van der Waals surface area contributed by atoms with E-state index >= 15 is 0 Å². The maximum atomic E-state index is 11.7. The second kappa shape index (κ2) is 3.65. The second-order valence-corrected chi connectivity index (χ2v) is 4.29. The quantitative estimate of drug-likeness (QED) is 0.715. The Kier molecular flexibility index (Phi) is 2.50. The van der Waals surface area contributed by atoms with Crippen molar-refractivity contribution in [3.63, 3.8) is 0 Å². The molecule has 0 spiro atoms. The molecule has 14 heavy (non-hydrogen) atoms. The summed E-state index contributed by atoms with van der Waals surface area (Å²) in [7, 11) is 0. The van der Waals surface area contributed by atoms with Gasteiger partial charge in [-0.3, -0.25) is 4.79 Å². The summed E-state index contributed by atoms with van der Waals surface area (Å²) < 4.78 is 0. The van der Waals surface area contributed by atoms with Crippen molar-refractivity contribution in [3.05, 3.63) is 29.8 Å². The first kappa shape index (κ1) is 9.59. The van der Waals surface area contributed by atoms with Gasteiger partial charge in [-0.1, -0.05) is 19.1 Å². The maximum Gasteiger partial charge on any atom is 0.252 e. The molecule has 2 nitrogen and oxygen atoms in total. The van der Waals surface area contributed by atoms with Crippen LogP contribution in [0, 0.1) is 5.92 Å². The molecule has 1 amide bonds. The summed E-state index contributed by atoms with van der Waals surface area (Å²) in [5, 5.41) is 2.97. The predicted molar refractivity (Wildman–Crippen MR) is 58.7 cm³/mol. The second-order valence-electron chi connectivity index (χ2n) is 3.81. The molecule has 1 N–H and O–H groups in total. The van der Waals surface area contributed by atoms with E-state index in [4.69, 9.17) is 0 Å². The molecule has 1 aliphatic rings. The molecule has 0 heterocycles. The standard InChI is InChI=1S/C11H13NOS/c1-7-6-9(7)12-11(13)8-4-2-3-5-10(8)14/h2-5,7,9,14H,6H2,1H3,(H,12,13). The number of hydrogen-bond acceptors (Lipinski definition) is 2. The van der Waals surface area contributed by atoms with E-state index in [9.17, 15) is 4.79 Å². The fourth-order valence-corrected chi connectivity index (χ4v) is 1.70. The highest BCUT2D eigenvalue weighted by molar-refractivity contribution is 7.80. The third-order valence-corrected chi connectivity index (χ3v) is 2.96. The molecule has 0 aliphatic heterocycles. The Balaban J connectivity index is 2.07. The highest BCUT2D eigenvalue weighted by Gasteiger charge is 2.34. The predicted octanol–water partition coefficient (Wildman–Crippen LogP) is 2.11. The smallest absolute Gasteiger partial charge is 0.252 e. The summed E-state index contributed by atoms with van der Waals surface area (Å²) in [6.07, 6.45) is 1.10. The van der Waals surface area contributed by atoms with Crippen LogP contribution < -0.4 is 5.32 Å². The molecule has 1 aromatic carbocycles. The SMILES string of the molecule is CC1CC1NC(=O)c1ccccc1S. The van der Waals surface area contributed by atoms with E-state index in [1.54, 1.807) is 6.07 Å². The van der Waals surface area contributed by atoms with Gasteiger partial charge in [-0.15, -0.1) is 12.6 Å². The van der Waals surface area contributed by atoms with Crippen LogP contribution in [0.25, 0.3) is 0 Å². The van der Waals surface area contributed by atoms with Crippen LogP contribution in [-0.4, -0.2) is 11.9 Å². The van der Waals surface area contributed by atoms with Gasteiger partial charge >= 0.3 is 0 Å².